The first-order valence-electron chi connectivity index (χ1n) is 7.34. The van der Waals surface area contributed by atoms with E-state index >= 15 is 0 Å². The molecule has 0 spiro atoms. The summed E-state index contributed by atoms with van der Waals surface area (Å²) in [4.78, 5) is 13.2. The van der Waals surface area contributed by atoms with E-state index in [1.165, 1.54) is 12.8 Å². The predicted octanol–water partition coefficient (Wildman–Crippen LogP) is 2.18. The van der Waals surface area contributed by atoms with Gasteiger partial charge in [-0.3, -0.25) is 4.90 Å². The maximum atomic E-state index is 5.37. The first-order chi connectivity index (χ1) is 10.1. The molecule has 3 rings (SSSR count). The van der Waals surface area contributed by atoms with Crippen LogP contribution in [-0.2, 0) is 6.54 Å². The fraction of sp³-hybridized carbons (Fsp3) is 0.533. The largest absolute Gasteiger partial charge is 0.363 e. The van der Waals surface area contributed by atoms with Crippen LogP contribution in [0.25, 0.3) is 11.4 Å². The number of aromatic nitrogens is 3. The Morgan fingerprint density at radius 2 is 2.24 bits per heavy atom. The van der Waals surface area contributed by atoms with Gasteiger partial charge >= 0.3 is 0 Å². The van der Waals surface area contributed by atoms with Gasteiger partial charge in [0.05, 0.1) is 6.54 Å². The van der Waals surface area contributed by atoms with Gasteiger partial charge in [-0.2, -0.15) is 4.98 Å². The third-order valence-electron chi connectivity index (χ3n) is 3.96. The van der Waals surface area contributed by atoms with Gasteiger partial charge in [0.25, 0.3) is 0 Å². The van der Waals surface area contributed by atoms with Crippen LogP contribution in [0.5, 0.6) is 0 Å². The molecule has 0 radical (unpaired) electrons. The third-order valence-corrected chi connectivity index (χ3v) is 3.96. The van der Waals surface area contributed by atoms with E-state index in [1.807, 2.05) is 31.1 Å². The zero-order chi connectivity index (χ0) is 14.8. The van der Waals surface area contributed by atoms with Crippen molar-refractivity contribution >= 4 is 5.82 Å². The first-order valence-corrected chi connectivity index (χ1v) is 7.34. The molecular weight excluding hydrogens is 266 g/mol. The van der Waals surface area contributed by atoms with Crippen LogP contribution in [-0.4, -0.2) is 46.7 Å². The normalized spacial score (nSPS) is 19.1. The second kappa shape index (κ2) is 5.81. The highest BCUT2D eigenvalue weighted by molar-refractivity contribution is 5.55. The molecule has 0 N–H and O–H groups in total. The Balaban J connectivity index is 1.72. The zero-order valence-corrected chi connectivity index (χ0v) is 12.8. The number of pyridine rings is 1. The summed E-state index contributed by atoms with van der Waals surface area (Å²) in [6.45, 7) is 4.09. The molecule has 6 nitrogen and oxygen atoms in total. The number of anilines is 1. The predicted molar refractivity (Wildman–Crippen MR) is 81.0 cm³/mol. The summed E-state index contributed by atoms with van der Waals surface area (Å²) in [5.74, 6) is 2.19. The van der Waals surface area contributed by atoms with Crippen LogP contribution in [0.3, 0.4) is 0 Å². The second-order valence-corrected chi connectivity index (χ2v) is 5.77. The highest BCUT2D eigenvalue weighted by Crippen LogP contribution is 2.21. The Bertz CT molecular complexity index is 592. The van der Waals surface area contributed by atoms with E-state index in [9.17, 15) is 0 Å². The van der Waals surface area contributed by atoms with Crippen molar-refractivity contribution in [3.05, 3.63) is 24.2 Å². The van der Waals surface area contributed by atoms with Gasteiger partial charge in [0, 0.05) is 31.9 Å². The average Bonchev–Trinajstić information content (AvgIpc) is 3.10. The standard InChI is InChI=1S/C15H21N5O/c1-11-5-4-8-20(11)10-14-17-15(18-21-14)12-6-7-13(16-9-12)19(2)3/h6-7,9,11H,4-5,8,10H2,1-3H3. The molecule has 3 heterocycles. The lowest BCUT2D eigenvalue weighted by Gasteiger charge is -2.17. The smallest absolute Gasteiger partial charge is 0.241 e. The van der Waals surface area contributed by atoms with Crippen LogP contribution in [0.1, 0.15) is 25.7 Å². The molecule has 6 heteroatoms. The van der Waals surface area contributed by atoms with Crippen molar-refractivity contribution in [2.24, 2.45) is 0 Å². The van der Waals surface area contributed by atoms with Crippen molar-refractivity contribution < 1.29 is 4.52 Å². The monoisotopic (exact) mass is 287 g/mol. The molecule has 2 aromatic rings. The zero-order valence-electron chi connectivity index (χ0n) is 12.8. The molecule has 2 aromatic heterocycles. The summed E-state index contributed by atoms with van der Waals surface area (Å²) < 4.78 is 5.37. The Morgan fingerprint density at radius 1 is 1.38 bits per heavy atom. The van der Waals surface area contributed by atoms with Gasteiger partial charge in [-0.15, -0.1) is 0 Å². The van der Waals surface area contributed by atoms with Crippen LogP contribution >= 0.6 is 0 Å². The molecule has 1 aliphatic heterocycles. The maximum absolute atomic E-state index is 5.37. The van der Waals surface area contributed by atoms with E-state index in [-0.39, 0.29) is 0 Å². The summed E-state index contributed by atoms with van der Waals surface area (Å²) in [5.41, 5.74) is 0.880. The van der Waals surface area contributed by atoms with Gasteiger partial charge in [-0.25, -0.2) is 4.98 Å². The van der Waals surface area contributed by atoms with Gasteiger partial charge < -0.3 is 9.42 Å². The summed E-state index contributed by atoms with van der Waals surface area (Å²) in [5, 5.41) is 4.06. The Morgan fingerprint density at radius 3 is 2.86 bits per heavy atom. The Kier molecular flexibility index (Phi) is 3.88. The molecule has 0 aliphatic carbocycles. The lowest BCUT2D eigenvalue weighted by atomic mass is 10.2. The minimum atomic E-state index is 0.599. The van der Waals surface area contributed by atoms with Crippen LogP contribution in [0.4, 0.5) is 5.82 Å². The van der Waals surface area contributed by atoms with E-state index < -0.39 is 0 Å². The Labute approximate surface area is 124 Å². The highest BCUT2D eigenvalue weighted by Gasteiger charge is 2.22. The lowest BCUT2D eigenvalue weighted by molar-refractivity contribution is 0.221. The maximum Gasteiger partial charge on any atom is 0.241 e. The van der Waals surface area contributed by atoms with Gasteiger partial charge in [-0.05, 0) is 38.4 Å². The molecule has 0 saturated carbocycles. The third kappa shape index (κ3) is 3.05. The number of hydrogen-bond donors (Lipinski definition) is 0. The number of likely N-dealkylation sites (tertiary alicyclic amines) is 1. The topological polar surface area (TPSA) is 58.3 Å². The lowest BCUT2D eigenvalue weighted by Crippen LogP contribution is -2.26. The van der Waals surface area contributed by atoms with Crippen molar-refractivity contribution in [2.75, 3.05) is 25.5 Å². The van der Waals surface area contributed by atoms with Crippen molar-refractivity contribution in [2.45, 2.75) is 32.4 Å². The van der Waals surface area contributed by atoms with E-state index in [0.717, 1.165) is 24.5 Å². The fourth-order valence-electron chi connectivity index (χ4n) is 2.62. The molecule has 1 aliphatic rings. The van der Waals surface area contributed by atoms with Crippen LogP contribution < -0.4 is 4.90 Å². The van der Waals surface area contributed by atoms with Gasteiger partial charge in [0.1, 0.15) is 5.82 Å². The summed E-state index contributed by atoms with van der Waals surface area (Å²) in [7, 11) is 3.93. The number of hydrogen-bond acceptors (Lipinski definition) is 6. The molecule has 1 unspecified atom stereocenters. The van der Waals surface area contributed by atoms with Crippen molar-refractivity contribution in [3.8, 4) is 11.4 Å². The van der Waals surface area contributed by atoms with Gasteiger partial charge in [0.2, 0.25) is 11.7 Å². The van der Waals surface area contributed by atoms with Gasteiger partial charge in [-0.1, -0.05) is 5.16 Å². The minimum Gasteiger partial charge on any atom is -0.363 e. The molecule has 1 atom stereocenters. The second-order valence-electron chi connectivity index (χ2n) is 5.77. The molecule has 112 valence electrons. The van der Waals surface area contributed by atoms with Crippen LogP contribution in [0.15, 0.2) is 22.9 Å². The average molecular weight is 287 g/mol. The fourth-order valence-corrected chi connectivity index (χ4v) is 2.62. The van der Waals surface area contributed by atoms with Crippen LogP contribution in [0, 0.1) is 0 Å². The molecule has 1 fully saturated rings. The number of rotatable bonds is 4. The molecule has 0 aromatic carbocycles. The van der Waals surface area contributed by atoms with Crippen molar-refractivity contribution in [1.29, 1.82) is 0 Å². The molecule has 21 heavy (non-hydrogen) atoms. The minimum absolute atomic E-state index is 0.599. The SMILES string of the molecule is CC1CCCN1Cc1nc(-c2ccc(N(C)C)nc2)no1. The molecule has 1 saturated heterocycles. The summed E-state index contributed by atoms with van der Waals surface area (Å²) in [6.07, 6.45) is 4.28. The van der Waals surface area contributed by atoms with Crippen molar-refractivity contribution in [1.82, 2.24) is 20.0 Å². The first kappa shape index (κ1) is 14.0. The quantitative estimate of drug-likeness (QED) is 0.859. The Hall–Kier alpha value is -1.95. The van der Waals surface area contributed by atoms with E-state index in [2.05, 4.69) is 26.9 Å². The summed E-state index contributed by atoms with van der Waals surface area (Å²) in [6, 6.07) is 4.52. The van der Waals surface area contributed by atoms with E-state index in [1.54, 1.807) is 6.20 Å². The molecule has 0 amide bonds. The molecule has 0 bridgehead atoms. The van der Waals surface area contributed by atoms with Crippen molar-refractivity contribution in [3.63, 3.8) is 0 Å². The highest BCUT2D eigenvalue weighted by atomic mass is 16.5. The van der Waals surface area contributed by atoms with E-state index in [0.29, 0.717) is 17.8 Å². The van der Waals surface area contributed by atoms with Crippen LogP contribution in [0.2, 0.25) is 0 Å². The number of nitrogens with zero attached hydrogens (tertiary/aromatic N) is 5. The molecular formula is C15H21N5O. The summed E-state index contributed by atoms with van der Waals surface area (Å²) >= 11 is 0. The van der Waals surface area contributed by atoms with Gasteiger partial charge in [0.15, 0.2) is 0 Å². The van der Waals surface area contributed by atoms with E-state index in [4.69, 9.17) is 4.52 Å².